The summed E-state index contributed by atoms with van der Waals surface area (Å²) in [7, 11) is 1.66. The molecule has 20 heavy (non-hydrogen) atoms. The van der Waals surface area contributed by atoms with E-state index >= 15 is 0 Å². The number of nitrogens with one attached hydrogen (secondary N) is 1. The minimum atomic E-state index is -0.0645. The molecule has 1 aromatic carbocycles. The molecule has 0 aromatic heterocycles. The molecule has 5 nitrogen and oxygen atoms in total. The highest BCUT2D eigenvalue weighted by molar-refractivity contribution is 5.95. The van der Waals surface area contributed by atoms with Gasteiger partial charge >= 0.3 is 0 Å². The molecule has 1 atom stereocenters. The Morgan fingerprint density at radius 3 is 2.75 bits per heavy atom. The lowest BCUT2D eigenvalue weighted by molar-refractivity contribution is -0.118. The van der Waals surface area contributed by atoms with Crippen LogP contribution in [0.25, 0.3) is 0 Å². The molecule has 5 heteroatoms. The van der Waals surface area contributed by atoms with Crippen molar-refractivity contribution in [2.24, 2.45) is 0 Å². The molecular weight excluding hydrogens is 254 g/mol. The Morgan fingerprint density at radius 2 is 2.20 bits per heavy atom. The fourth-order valence-electron chi connectivity index (χ4n) is 2.10. The van der Waals surface area contributed by atoms with Gasteiger partial charge in [-0.2, -0.15) is 0 Å². The van der Waals surface area contributed by atoms with Gasteiger partial charge in [-0.3, -0.25) is 9.69 Å². The first kappa shape index (κ1) is 16.5. The predicted octanol–water partition coefficient (Wildman–Crippen LogP) is 1.87. The zero-order valence-electron chi connectivity index (χ0n) is 12.8. The molecule has 112 valence electrons. The van der Waals surface area contributed by atoms with E-state index in [0.717, 1.165) is 12.1 Å². The van der Waals surface area contributed by atoms with E-state index in [4.69, 9.17) is 10.5 Å². The van der Waals surface area contributed by atoms with Crippen molar-refractivity contribution in [3.8, 4) is 0 Å². The molecule has 3 N–H and O–H groups in total. The normalized spacial score (nSPS) is 12.4. The van der Waals surface area contributed by atoms with Crippen LogP contribution in [0.2, 0.25) is 0 Å². The molecule has 1 unspecified atom stereocenters. The molecule has 1 aromatic rings. The van der Waals surface area contributed by atoms with Gasteiger partial charge in [0.1, 0.15) is 0 Å². The van der Waals surface area contributed by atoms with Crippen LogP contribution in [0.5, 0.6) is 0 Å². The zero-order chi connectivity index (χ0) is 15.1. The molecule has 0 aliphatic carbocycles. The van der Waals surface area contributed by atoms with Crippen LogP contribution in [0.15, 0.2) is 18.2 Å². The largest absolute Gasteiger partial charge is 0.397 e. The van der Waals surface area contributed by atoms with Crippen LogP contribution in [0.3, 0.4) is 0 Å². The van der Waals surface area contributed by atoms with Gasteiger partial charge in [0.25, 0.3) is 0 Å². The summed E-state index contributed by atoms with van der Waals surface area (Å²) in [5.74, 6) is -0.0645. The van der Waals surface area contributed by atoms with Gasteiger partial charge in [0.15, 0.2) is 0 Å². The van der Waals surface area contributed by atoms with E-state index in [1.165, 1.54) is 0 Å². The second-order valence-corrected chi connectivity index (χ2v) is 5.01. The summed E-state index contributed by atoms with van der Waals surface area (Å²) in [5.41, 5.74) is 8.22. The van der Waals surface area contributed by atoms with E-state index in [1.54, 1.807) is 7.11 Å². The van der Waals surface area contributed by atoms with Gasteiger partial charge < -0.3 is 15.8 Å². The molecule has 0 saturated carbocycles. The Kier molecular flexibility index (Phi) is 6.48. The van der Waals surface area contributed by atoms with Crippen LogP contribution in [0.4, 0.5) is 11.4 Å². The van der Waals surface area contributed by atoms with Crippen LogP contribution < -0.4 is 11.1 Å². The van der Waals surface area contributed by atoms with E-state index in [2.05, 4.69) is 10.2 Å². The molecule has 0 heterocycles. The summed E-state index contributed by atoms with van der Waals surface area (Å²) in [6.45, 7) is 7.76. The van der Waals surface area contributed by atoms with Gasteiger partial charge in [0, 0.05) is 13.2 Å². The van der Waals surface area contributed by atoms with Gasteiger partial charge in [0.05, 0.1) is 24.5 Å². The lowest BCUT2D eigenvalue weighted by atomic mass is 10.2. The van der Waals surface area contributed by atoms with Crippen molar-refractivity contribution in [2.75, 3.05) is 37.9 Å². The maximum Gasteiger partial charge on any atom is 0.238 e. The van der Waals surface area contributed by atoms with Crippen molar-refractivity contribution in [3.05, 3.63) is 23.8 Å². The molecule has 0 aliphatic rings. The molecule has 0 aliphatic heterocycles. The SMILES string of the molecule is CCN(CC(=O)Nc1ccc(C)cc1N)C(C)COC. The van der Waals surface area contributed by atoms with Gasteiger partial charge in [-0.05, 0) is 38.1 Å². The fourth-order valence-corrected chi connectivity index (χ4v) is 2.10. The molecule has 1 rings (SSSR count). The summed E-state index contributed by atoms with van der Waals surface area (Å²) < 4.78 is 5.13. The first-order valence-corrected chi connectivity index (χ1v) is 6.86. The molecular formula is C15H25N3O2. The summed E-state index contributed by atoms with van der Waals surface area (Å²) in [5, 5.41) is 2.85. The number of carbonyl (C=O) groups excluding carboxylic acids is 1. The Labute approximate surface area is 121 Å². The molecule has 0 saturated heterocycles. The number of carbonyl (C=O) groups is 1. The highest BCUT2D eigenvalue weighted by atomic mass is 16.5. The lowest BCUT2D eigenvalue weighted by Gasteiger charge is -2.26. The van der Waals surface area contributed by atoms with Crippen molar-refractivity contribution in [1.29, 1.82) is 0 Å². The van der Waals surface area contributed by atoms with Crippen molar-refractivity contribution in [2.45, 2.75) is 26.8 Å². The number of hydrogen-bond donors (Lipinski definition) is 2. The number of ether oxygens (including phenoxy) is 1. The average molecular weight is 279 g/mol. The van der Waals surface area contributed by atoms with Gasteiger partial charge in [0.2, 0.25) is 5.91 Å². The molecule has 0 spiro atoms. The molecule has 0 fully saturated rings. The number of nitrogens with zero attached hydrogens (tertiary/aromatic N) is 1. The molecule has 0 radical (unpaired) electrons. The maximum atomic E-state index is 12.1. The number of rotatable bonds is 7. The average Bonchev–Trinajstić information content (AvgIpc) is 2.39. The van der Waals surface area contributed by atoms with Crippen LogP contribution in [0, 0.1) is 6.92 Å². The summed E-state index contributed by atoms with van der Waals surface area (Å²) in [4.78, 5) is 14.1. The number of anilines is 2. The summed E-state index contributed by atoms with van der Waals surface area (Å²) in [6.07, 6.45) is 0. The second kappa shape index (κ2) is 7.87. The van der Waals surface area contributed by atoms with Gasteiger partial charge in [-0.15, -0.1) is 0 Å². The third-order valence-corrected chi connectivity index (χ3v) is 3.27. The first-order valence-electron chi connectivity index (χ1n) is 6.86. The van der Waals surface area contributed by atoms with Crippen molar-refractivity contribution in [3.63, 3.8) is 0 Å². The van der Waals surface area contributed by atoms with Crippen LogP contribution in [0.1, 0.15) is 19.4 Å². The Balaban J connectivity index is 2.61. The number of nitrogen functional groups attached to an aromatic ring is 1. The monoisotopic (exact) mass is 279 g/mol. The third kappa shape index (κ3) is 4.83. The smallest absolute Gasteiger partial charge is 0.238 e. The zero-order valence-corrected chi connectivity index (χ0v) is 12.8. The number of amides is 1. The lowest BCUT2D eigenvalue weighted by Crippen LogP contribution is -2.41. The minimum absolute atomic E-state index is 0.0645. The summed E-state index contributed by atoms with van der Waals surface area (Å²) >= 11 is 0. The standard InChI is InChI=1S/C15H25N3O2/c1-5-18(12(3)10-20-4)9-15(19)17-14-7-6-11(2)8-13(14)16/h6-8,12H,5,9-10,16H2,1-4H3,(H,17,19). The Morgan fingerprint density at radius 1 is 1.50 bits per heavy atom. The number of benzene rings is 1. The van der Waals surface area contributed by atoms with E-state index < -0.39 is 0 Å². The van der Waals surface area contributed by atoms with Crippen LogP contribution in [-0.2, 0) is 9.53 Å². The van der Waals surface area contributed by atoms with Gasteiger partial charge in [-0.1, -0.05) is 13.0 Å². The minimum Gasteiger partial charge on any atom is -0.397 e. The quantitative estimate of drug-likeness (QED) is 0.748. The second-order valence-electron chi connectivity index (χ2n) is 5.01. The van der Waals surface area contributed by atoms with Crippen LogP contribution in [-0.4, -0.2) is 43.7 Å². The van der Waals surface area contributed by atoms with E-state index in [9.17, 15) is 4.79 Å². The number of aryl methyl sites for hydroxylation is 1. The topological polar surface area (TPSA) is 67.6 Å². The first-order chi connectivity index (χ1) is 9.47. The number of nitrogens with two attached hydrogens (primary N) is 1. The van der Waals surface area contributed by atoms with Gasteiger partial charge in [-0.25, -0.2) is 0 Å². The fraction of sp³-hybridized carbons (Fsp3) is 0.533. The van der Waals surface area contributed by atoms with Crippen LogP contribution >= 0.6 is 0 Å². The van der Waals surface area contributed by atoms with E-state index in [-0.39, 0.29) is 11.9 Å². The number of methoxy groups -OCH3 is 1. The molecule has 1 amide bonds. The maximum absolute atomic E-state index is 12.1. The highest BCUT2D eigenvalue weighted by Crippen LogP contribution is 2.19. The summed E-state index contributed by atoms with van der Waals surface area (Å²) in [6, 6.07) is 5.81. The van der Waals surface area contributed by atoms with Crippen molar-refractivity contribution >= 4 is 17.3 Å². The highest BCUT2D eigenvalue weighted by Gasteiger charge is 2.16. The predicted molar refractivity (Wildman–Crippen MR) is 82.8 cm³/mol. The van der Waals surface area contributed by atoms with Crippen molar-refractivity contribution in [1.82, 2.24) is 4.90 Å². The van der Waals surface area contributed by atoms with E-state index in [0.29, 0.717) is 24.5 Å². The Hall–Kier alpha value is -1.59. The number of likely N-dealkylation sites (N-methyl/N-ethyl adjacent to an activating group) is 1. The molecule has 0 bridgehead atoms. The van der Waals surface area contributed by atoms with E-state index in [1.807, 2.05) is 39.0 Å². The third-order valence-electron chi connectivity index (χ3n) is 3.27. The van der Waals surface area contributed by atoms with Crippen molar-refractivity contribution < 1.29 is 9.53 Å². The Bertz CT molecular complexity index is 449. The number of hydrogen-bond acceptors (Lipinski definition) is 4.